The van der Waals surface area contributed by atoms with E-state index in [2.05, 4.69) is 58.4 Å². The summed E-state index contributed by atoms with van der Waals surface area (Å²) in [7, 11) is 3.16. The van der Waals surface area contributed by atoms with Gasteiger partial charge in [0.05, 0.1) is 19.8 Å². The van der Waals surface area contributed by atoms with Crippen molar-refractivity contribution in [3.05, 3.63) is 53.7 Å². The van der Waals surface area contributed by atoms with Crippen LogP contribution in [0.5, 0.6) is 11.5 Å². The number of anilines is 1. The molecule has 0 atom stereocenters. The van der Waals surface area contributed by atoms with Gasteiger partial charge in [-0.15, -0.1) is 5.10 Å². The zero-order valence-electron chi connectivity index (χ0n) is 18.2. The fraction of sp³-hybridized carbons (Fsp3) is 0.261. The number of methoxy groups -OCH3 is 2. The quantitative estimate of drug-likeness (QED) is 0.441. The van der Waals surface area contributed by atoms with Gasteiger partial charge in [0.2, 0.25) is 5.95 Å². The van der Waals surface area contributed by atoms with Crippen LogP contribution in [0.3, 0.4) is 0 Å². The fourth-order valence-electron chi connectivity index (χ4n) is 3.32. The molecule has 0 aliphatic rings. The van der Waals surface area contributed by atoms with E-state index in [1.54, 1.807) is 26.4 Å². The molecule has 0 radical (unpaired) electrons. The number of nitrogens with zero attached hydrogens (tertiary/aromatic N) is 2. The summed E-state index contributed by atoms with van der Waals surface area (Å²) in [5, 5.41) is 10.6. The standard InChI is InChI=1S/C23H25N5O3/c1-23(2,3)14-7-6-13-10-18(24-17(13)11-14)21(29)26-22-25-20(27-28-22)16-9-8-15(30-4)12-19(16)31-5/h6-12,24H,1-5H3,(H2,25,26,27,28,29). The molecule has 8 heteroatoms. The second kappa shape index (κ2) is 7.79. The van der Waals surface area contributed by atoms with Crippen molar-refractivity contribution in [1.82, 2.24) is 20.2 Å². The predicted molar refractivity (Wildman–Crippen MR) is 120 cm³/mol. The Hall–Kier alpha value is -3.81. The summed E-state index contributed by atoms with van der Waals surface area (Å²) in [6.07, 6.45) is 0. The highest BCUT2D eigenvalue weighted by Gasteiger charge is 2.18. The summed E-state index contributed by atoms with van der Waals surface area (Å²) in [6.45, 7) is 6.47. The van der Waals surface area contributed by atoms with Gasteiger partial charge in [-0.05, 0) is 35.2 Å². The summed E-state index contributed by atoms with van der Waals surface area (Å²) in [6, 6.07) is 13.4. The second-order valence-corrected chi connectivity index (χ2v) is 8.26. The first kappa shape index (κ1) is 20.5. The third-order valence-corrected chi connectivity index (χ3v) is 5.11. The Morgan fingerprint density at radius 3 is 2.55 bits per heavy atom. The van der Waals surface area contributed by atoms with E-state index in [1.807, 2.05) is 18.2 Å². The van der Waals surface area contributed by atoms with Crippen LogP contribution in [0, 0.1) is 0 Å². The molecule has 4 rings (SSSR count). The average molecular weight is 419 g/mol. The van der Waals surface area contributed by atoms with Crippen LogP contribution < -0.4 is 14.8 Å². The van der Waals surface area contributed by atoms with Crippen LogP contribution in [0.15, 0.2) is 42.5 Å². The Kier molecular flexibility index (Phi) is 5.14. The SMILES string of the molecule is COc1ccc(-c2nc(NC(=O)c3cc4ccc(C(C)(C)C)cc4[nH]3)n[nH]2)c(OC)c1. The van der Waals surface area contributed by atoms with Crippen LogP contribution in [0.4, 0.5) is 5.95 Å². The predicted octanol–water partition coefficient (Wildman–Crippen LogP) is 4.52. The van der Waals surface area contributed by atoms with E-state index < -0.39 is 0 Å². The Morgan fingerprint density at radius 1 is 1.03 bits per heavy atom. The van der Waals surface area contributed by atoms with Gasteiger partial charge >= 0.3 is 0 Å². The van der Waals surface area contributed by atoms with Gasteiger partial charge in [0.1, 0.15) is 17.2 Å². The molecule has 2 heterocycles. The fourth-order valence-corrected chi connectivity index (χ4v) is 3.32. The van der Waals surface area contributed by atoms with E-state index in [-0.39, 0.29) is 17.3 Å². The van der Waals surface area contributed by atoms with Crippen molar-refractivity contribution >= 4 is 22.8 Å². The first-order valence-corrected chi connectivity index (χ1v) is 9.88. The van der Waals surface area contributed by atoms with E-state index in [0.29, 0.717) is 28.6 Å². The number of carbonyl (C=O) groups excluding carboxylic acids is 1. The number of aromatic nitrogens is 4. The smallest absolute Gasteiger partial charge is 0.274 e. The molecule has 31 heavy (non-hydrogen) atoms. The maximum atomic E-state index is 12.7. The summed E-state index contributed by atoms with van der Waals surface area (Å²) >= 11 is 0. The molecule has 3 N–H and O–H groups in total. The molecular formula is C23H25N5O3. The number of hydrogen-bond acceptors (Lipinski definition) is 5. The van der Waals surface area contributed by atoms with Crippen LogP contribution in [0.25, 0.3) is 22.3 Å². The number of amides is 1. The van der Waals surface area contributed by atoms with Gasteiger partial charge in [0.25, 0.3) is 5.91 Å². The van der Waals surface area contributed by atoms with Crippen LogP contribution in [0.1, 0.15) is 36.8 Å². The zero-order valence-corrected chi connectivity index (χ0v) is 18.2. The number of aromatic amines is 2. The Labute approximate surface area is 180 Å². The lowest BCUT2D eigenvalue weighted by molar-refractivity contribution is 0.102. The number of rotatable bonds is 5. The zero-order chi connectivity index (χ0) is 22.2. The third-order valence-electron chi connectivity index (χ3n) is 5.11. The van der Waals surface area contributed by atoms with Crippen LogP contribution in [-0.4, -0.2) is 40.3 Å². The van der Waals surface area contributed by atoms with Crippen LogP contribution in [-0.2, 0) is 5.41 Å². The molecule has 0 spiro atoms. The average Bonchev–Trinajstić information content (AvgIpc) is 3.38. The largest absolute Gasteiger partial charge is 0.497 e. The molecule has 0 saturated heterocycles. The minimum atomic E-state index is -0.319. The van der Waals surface area contributed by atoms with E-state index in [4.69, 9.17) is 9.47 Å². The highest BCUT2D eigenvalue weighted by Crippen LogP contribution is 2.31. The lowest BCUT2D eigenvalue weighted by atomic mass is 9.87. The highest BCUT2D eigenvalue weighted by molar-refractivity contribution is 6.05. The van der Waals surface area contributed by atoms with Gasteiger partial charge in [-0.25, -0.2) is 0 Å². The van der Waals surface area contributed by atoms with Gasteiger partial charge in [-0.1, -0.05) is 32.9 Å². The number of ether oxygens (including phenoxy) is 2. The highest BCUT2D eigenvalue weighted by atomic mass is 16.5. The molecule has 2 aromatic heterocycles. The summed E-state index contributed by atoms with van der Waals surface area (Å²) in [4.78, 5) is 20.3. The number of H-pyrrole nitrogens is 2. The molecule has 160 valence electrons. The Bertz CT molecular complexity index is 1250. The molecule has 0 bridgehead atoms. The van der Waals surface area contributed by atoms with Crippen molar-refractivity contribution in [1.29, 1.82) is 0 Å². The van der Waals surface area contributed by atoms with Crippen molar-refractivity contribution in [3.8, 4) is 22.9 Å². The summed E-state index contributed by atoms with van der Waals surface area (Å²) in [5.74, 6) is 1.58. The summed E-state index contributed by atoms with van der Waals surface area (Å²) in [5.41, 5.74) is 3.28. The normalized spacial score (nSPS) is 11.5. The van der Waals surface area contributed by atoms with Crippen molar-refractivity contribution < 1.29 is 14.3 Å². The molecule has 2 aromatic carbocycles. The first-order valence-electron chi connectivity index (χ1n) is 9.88. The molecule has 0 fully saturated rings. The topological polar surface area (TPSA) is 105 Å². The molecule has 0 aliphatic heterocycles. The van der Waals surface area contributed by atoms with E-state index >= 15 is 0 Å². The number of carbonyl (C=O) groups is 1. The number of nitrogens with one attached hydrogen (secondary N) is 3. The van der Waals surface area contributed by atoms with Gasteiger partial charge in [0, 0.05) is 17.0 Å². The van der Waals surface area contributed by atoms with Gasteiger partial charge in [-0.2, -0.15) is 4.98 Å². The minimum Gasteiger partial charge on any atom is -0.497 e. The molecule has 0 unspecified atom stereocenters. The number of fused-ring (bicyclic) bond motifs is 1. The molecule has 1 amide bonds. The van der Waals surface area contributed by atoms with Gasteiger partial charge < -0.3 is 14.5 Å². The second-order valence-electron chi connectivity index (χ2n) is 8.26. The van der Waals surface area contributed by atoms with Crippen molar-refractivity contribution in [2.45, 2.75) is 26.2 Å². The van der Waals surface area contributed by atoms with E-state index in [9.17, 15) is 4.79 Å². The molecule has 0 saturated carbocycles. The first-order chi connectivity index (χ1) is 14.8. The lowest BCUT2D eigenvalue weighted by Crippen LogP contribution is -2.13. The van der Waals surface area contributed by atoms with Gasteiger partial charge in [-0.3, -0.25) is 15.2 Å². The monoisotopic (exact) mass is 419 g/mol. The minimum absolute atomic E-state index is 0.0274. The molecular weight excluding hydrogens is 394 g/mol. The van der Waals surface area contributed by atoms with Crippen molar-refractivity contribution in [3.63, 3.8) is 0 Å². The van der Waals surface area contributed by atoms with E-state index in [1.165, 1.54) is 5.56 Å². The van der Waals surface area contributed by atoms with Crippen LogP contribution in [0.2, 0.25) is 0 Å². The third kappa shape index (κ3) is 4.09. The summed E-state index contributed by atoms with van der Waals surface area (Å²) < 4.78 is 10.6. The van der Waals surface area contributed by atoms with Crippen molar-refractivity contribution in [2.24, 2.45) is 0 Å². The van der Waals surface area contributed by atoms with Crippen LogP contribution >= 0.6 is 0 Å². The van der Waals surface area contributed by atoms with Gasteiger partial charge in [0.15, 0.2) is 5.82 Å². The van der Waals surface area contributed by atoms with E-state index in [0.717, 1.165) is 10.9 Å². The Balaban J connectivity index is 1.56. The maximum absolute atomic E-state index is 12.7. The molecule has 0 aliphatic carbocycles. The Morgan fingerprint density at radius 2 is 1.84 bits per heavy atom. The molecule has 8 nitrogen and oxygen atoms in total. The number of hydrogen-bond donors (Lipinski definition) is 3. The molecule has 4 aromatic rings. The number of benzene rings is 2. The maximum Gasteiger partial charge on any atom is 0.274 e. The van der Waals surface area contributed by atoms with Crippen molar-refractivity contribution in [2.75, 3.05) is 19.5 Å². The lowest BCUT2D eigenvalue weighted by Gasteiger charge is -2.18.